The number of aryl methyl sites for hydroxylation is 1. The lowest BCUT2D eigenvalue weighted by atomic mass is 10.1. The Balaban J connectivity index is 2.58. The van der Waals surface area contributed by atoms with Crippen LogP contribution in [0.2, 0.25) is 0 Å². The maximum absolute atomic E-state index is 13.1. The van der Waals surface area contributed by atoms with Crippen molar-refractivity contribution < 1.29 is 4.39 Å². The highest BCUT2D eigenvalue weighted by molar-refractivity contribution is 5.43. The van der Waals surface area contributed by atoms with Gasteiger partial charge < -0.3 is 5.73 Å². The summed E-state index contributed by atoms with van der Waals surface area (Å²) in [6.45, 7) is 0. The molecule has 0 heterocycles. The van der Waals surface area contributed by atoms with Gasteiger partial charge in [-0.2, -0.15) is 5.26 Å². The minimum absolute atomic E-state index is 0.0581. The topological polar surface area (TPSA) is 49.8 Å². The van der Waals surface area contributed by atoms with E-state index in [0.717, 1.165) is 24.0 Å². The molecule has 0 amide bonds. The van der Waals surface area contributed by atoms with Crippen LogP contribution >= 0.6 is 0 Å². The number of nitriles is 1. The van der Waals surface area contributed by atoms with E-state index in [-0.39, 0.29) is 11.6 Å². The zero-order valence-corrected chi connectivity index (χ0v) is 7.05. The molecule has 1 aromatic carbocycles. The Hall–Kier alpha value is -1.40. The van der Waals surface area contributed by atoms with E-state index in [0.29, 0.717) is 0 Å². The predicted molar refractivity (Wildman–Crippen MR) is 46.4 cm³/mol. The number of halogens is 1. The van der Waals surface area contributed by atoms with Crippen LogP contribution in [0.3, 0.4) is 0 Å². The first-order chi connectivity index (χ1) is 6.22. The first-order valence-corrected chi connectivity index (χ1v) is 4.20. The number of hydrogen-bond donors (Lipinski definition) is 1. The molecule has 66 valence electrons. The van der Waals surface area contributed by atoms with Crippen LogP contribution in [0.5, 0.6) is 0 Å². The van der Waals surface area contributed by atoms with Crippen molar-refractivity contribution in [2.24, 2.45) is 5.73 Å². The van der Waals surface area contributed by atoms with Crippen molar-refractivity contribution >= 4 is 0 Å². The summed E-state index contributed by atoms with van der Waals surface area (Å²) in [7, 11) is 0. The van der Waals surface area contributed by atoms with Gasteiger partial charge in [0.15, 0.2) is 0 Å². The van der Waals surface area contributed by atoms with Crippen LogP contribution < -0.4 is 5.73 Å². The van der Waals surface area contributed by atoms with E-state index >= 15 is 0 Å². The van der Waals surface area contributed by atoms with Gasteiger partial charge >= 0.3 is 0 Å². The van der Waals surface area contributed by atoms with Crippen molar-refractivity contribution in [1.29, 1.82) is 5.26 Å². The molecule has 1 aromatic rings. The molecule has 0 radical (unpaired) electrons. The molecule has 1 aliphatic carbocycles. The van der Waals surface area contributed by atoms with Gasteiger partial charge in [0.25, 0.3) is 0 Å². The maximum atomic E-state index is 13.1. The fourth-order valence-corrected chi connectivity index (χ4v) is 1.75. The molecular weight excluding hydrogens is 167 g/mol. The molecule has 0 fully saturated rings. The zero-order valence-electron chi connectivity index (χ0n) is 7.05. The van der Waals surface area contributed by atoms with Crippen LogP contribution in [0.1, 0.15) is 29.2 Å². The molecule has 0 aromatic heterocycles. The molecule has 0 spiro atoms. The first kappa shape index (κ1) is 8.21. The van der Waals surface area contributed by atoms with Crippen LogP contribution in [0.15, 0.2) is 12.1 Å². The van der Waals surface area contributed by atoms with Crippen molar-refractivity contribution in [1.82, 2.24) is 0 Å². The van der Waals surface area contributed by atoms with Gasteiger partial charge in [0.2, 0.25) is 0 Å². The number of hydrogen-bond acceptors (Lipinski definition) is 2. The lowest BCUT2D eigenvalue weighted by molar-refractivity contribution is 0.618. The monoisotopic (exact) mass is 176 g/mol. The van der Waals surface area contributed by atoms with Crippen LogP contribution in [0.4, 0.5) is 4.39 Å². The third-order valence-electron chi connectivity index (χ3n) is 2.47. The zero-order chi connectivity index (χ0) is 9.42. The standard InChI is InChI=1S/C10H9FN2/c11-9-4-8-6(1-2-10(8)13)3-7(9)5-12/h3-4,10H,1-2,13H2. The van der Waals surface area contributed by atoms with E-state index in [1.54, 1.807) is 6.07 Å². The highest BCUT2D eigenvalue weighted by Crippen LogP contribution is 2.30. The first-order valence-electron chi connectivity index (χ1n) is 4.20. The van der Waals surface area contributed by atoms with E-state index in [1.807, 2.05) is 6.07 Å². The van der Waals surface area contributed by atoms with E-state index in [4.69, 9.17) is 11.0 Å². The SMILES string of the molecule is N#Cc1cc2c(cc1F)C(N)CC2. The van der Waals surface area contributed by atoms with Gasteiger partial charge in [-0.1, -0.05) is 0 Å². The average Bonchev–Trinajstić information content (AvgIpc) is 2.47. The Morgan fingerprint density at radius 1 is 1.54 bits per heavy atom. The van der Waals surface area contributed by atoms with Crippen LogP contribution in [-0.2, 0) is 6.42 Å². The summed E-state index contributed by atoms with van der Waals surface area (Å²) < 4.78 is 13.1. The van der Waals surface area contributed by atoms with Gasteiger partial charge in [-0.3, -0.25) is 0 Å². The molecule has 1 atom stereocenters. The lowest BCUT2D eigenvalue weighted by Crippen LogP contribution is -2.05. The summed E-state index contributed by atoms with van der Waals surface area (Å²) in [5, 5.41) is 8.59. The van der Waals surface area contributed by atoms with Crippen LogP contribution in [-0.4, -0.2) is 0 Å². The van der Waals surface area contributed by atoms with Gasteiger partial charge in [0.05, 0.1) is 5.56 Å². The molecule has 0 aliphatic heterocycles. The van der Waals surface area contributed by atoms with Gasteiger partial charge in [-0.25, -0.2) is 4.39 Å². The van der Waals surface area contributed by atoms with Gasteiger partial charge in [-0.15, -0.1) is 0 Å². The molecular formula is C10H9FN2. The lowest BCUT2D eigenvalue weighted by Gasteiger charge is -2.04. The molecule has 2 N–H and O–H groups in total. The number of nitrogens with zero attached hydrogens (tertiary/aromatic N) is 1. The normalized spacial score (nSPS) is 19.6. The van der Waals surface area contributed by atoms with Crippen LogP contribution in [0.25, 0.3) is 0 Å². The Labute approximate surface area is 75.8 Å². The third kappa shape index (κ3) is 1.20. The van der Waals surface area contributed by atoms with Gasteiger partial charge in [-0.05, 0) is 36.1 Å². The summed E-state index contributed by atoms with van der Waals surface area (Å²) in [4.78, 5) is 0. The molecule has 0 bridgehead atoms. The third-order valence-corrected chi connectivity index (χ3v) is 2.47. The molecule has 0 saturated heterocycles. The Bertz CT molecular complexity index is 393. The van der Waals surface area contributed by atoms with Gasteiger partial charge in [0, 0.05) is 6.04 Å². The average molecular weight is 176 g/mol. The van der Waals surface area contributed by atoms with Crippen molar-refractivity contribution in [3.05, 3.63) is 34.6 Å². The predicted octanol–water partition coefficient (Wildman–Crippen LogP) is 1.64. The van der Waals surface area contributed by atoms with E-state index in [1.165, 1.54) is 6.07 Å². The summed E-state index contributed by atoms with van der Waals surface area (Å²) in [5.74, 6) is -0.460. The van der Waals surface area contributed by atoms with E-state index in [9.17, 15) is 4.39 Å². The largest absolute Gasteiger partial charge is 0.324 e. The number of nitrogens with two attached hydrogens (primary N) is 1. The van der Waals surface area contributed by atoms with Crippen molar-refractivity contribution in [3.63, 3.8) is 0 Å². The van der Waals surface area contributed by atoms with Crippen molar-refractivity contribution in [2.75, 3.05) is 0 Å². The minimum atomic E-state index is -0.460. The fourth-order valence-electron chi connectivity index (χ4n) is 1.75. The Morgan fingerprint density at radius 3 is 3.00 bits per heavy atom. The number of rotatable bonds is 0. The second kappa shape index (κ2) is 2.82. The molecule has 1 unspecified atom stereocenters. The molecule has 2 nitrogen and oxygen atoms in total. The summed E-state index contributed by atoms with van der Waals surface area (Å²) in [5.41, 5.74) is 7.75. The number of fused-ring (bicyclic) bond motifs is 1. The highest BCUT2D eigenvalue weighted by atomic mass is 19.1. The maximum Gasteiger partial charge on any atom is 0.141 e. The molecule has 2 rings (SSSR count). The van der Waals surface area contributed by atoms with Crippen LogP contribution in [0, 0.1) is 17.1 Å². The quantitative estimate of drug-likeness (QED) is 0.653. The Kier molecular flexibility index (Phi) is 1.78. The van der Waals surface area contributed by atoms with E-state index < -0.39 is 5.82 Å². The summed E-state index contributed by atoms with van der Waals surface area (Å²) in [6, 6.07) is 4.77. The smallest absolute Gasteiger partial charge is 0.141 e. The minimum Gasteiger partial charge on any atom is -0.324 e. The summed E-state index contributed by atoms with van der Waals surface area (Å²) in [6.07, 6.45) is 1.70. The molecule has 3 heteroatoms. The Morgan fingerprint density at radius 2 is 2.31 bits per heavy atom. The second-order valence-electron chi connectivity index (χ2n) is 3.29. The highest BCUT2D eigenvalue weighted by Gasteiger charge is 2.20. The van der Waals surface area contributed by atoms with E-state index in [2.05, 4.69) is 0 Å². The second-order valence-corrected chi connectivity index (χ2v) is 3.29. The molecule has 0 saturated carbocycles. The number of benzene rings is 1. The molecule has 1 aliphatic rings. The molecule has 13 heavy (non-hydrogen) atoms. The fraction of sp³-hybridized carbons (Fsp3) is 0.300. The van der Waals surface area contributed by atoms with Gasteiger partial charge in [0.1, 0.15) is 11.9 Å². The summed E-state index contributed by atoms with van der Waals surface area (Å²) >= 11 is 0. The van der Waals surface area contributed by atoms with Crippen molar-refractivity contribution in [3.8, 4) is 6.07 Å². The van der Waals surface area contributed by atoms with Crippen molar-refractivity contribution in [2.45, 2.75) is 18.9 Å².